The first-order valence-corrected chi connectivity index (χ1v) is 8.58. The average molecular weight is 346 g/mol. The van der Waals surface area contributed by atoms with E-state index in [2.05, 4.69) is 5.32 Å². The van der Waals surface area contributed by atoms with Gasteiger partial charge in [0, 0.05) is 5.02 Å². The minimum atomic E-state index is -0.529. The Hall–Kier alpha value is -2.00. The summed E-state index contributed by atoms with van der Waals surface area (Å²) in [5, 5.41) is 3.71. The molecule has 2 aromatic carbocycles. The van der Waals surface area contributed by atoms with E-state index >= 15 is 0 Å². The zero-order valence-corrected chi connectivity index (χ0v) is 15.4. The second-order valence-corrected chi connectivity index (χ2v) is 6.47. The smallest absolute Gasteiger partial charge is 0.261 e. The zero-order valence-electron chi connectivity index (χ0n) is 14.6. The summed E-state index contributed by atoms with van der Waals surface area (Å²) in [6.45, 7) is 7.86. The summed E-state index contributed by atoms with van der Waals surface area (Å²) in [7, 11) is 0. The van der Waals surface area contributed by atoms with Crippen LogP contribution in [-0.2, 0) is 4.79 Å². The maximum absolute atomic E-state index is 12.5. The lowest BCUT2D eigenvalue weighted by molar-refractivity contribution is -0.128. The highest BCUT2D eigenvalue weighted by molar-refractivity contribution is 6.31. The van der Waals surface area contributed by atoms with Crippen LogP contribution in [0.3, 0.4) is 0 Å². The fraction of sp³-hybridized carbons (Fsp3) is 0.350. The van der Waals surface area contributed by atoms with Crippen LogP contribution in [0.15, 0.2) is 42.5 Å². The highest BCUT2D eigenvalue weighted by Gasteiger charge is 2.20. The van der Waals surface area contributed by atoms with Crippen LogP contribution in [-0.4, -0.2) is 12.0 Å². The summed E-state index contributed by atoms with van der Waals surface area (Å²) >= 11 is 6.03. The lowest BCUT2D eigenvalue weighted by Crippen LogP contribution is -2.39. The number of hydrogen-bond donors (Lipinski definition) is 1. The molecule has 1 amide bonds. The first-order chi connectivity index (χ1) is 11.4. The van der Waals surface area contributed by atoms with E-state index in [0.717, 1.165) is 11.1 Å². The molecule has 0 radical (unpaired) electrons. The van der Waals surface area contributed by atoms with Gasteiger partial charge in [-0.1, -0.05) is 48.4 Å². The number of rotatable bonds is 6. The van der Waals surface area contributed by atoms with Crippen molar-refractivity contribution < 1.29 is 9.53 Å². The van der Waals surface area contributed by atoms with Crippen molar-refractivity contribution in [2.45, 2.75) is 46.3 Å². The van der Waals surface area contributed by atoms with Crippen molar-refractivity contribution in [3.8, 4) is 5.75 Å². The molecular formula is C20H24ClNO2. The molecule has 2 aromatic rings. The topological polar surface area (TPSA) is 38.3 Å². The van der Waals surface area contributed by atoms with Gasteiger partial charge in [-0.15, -0.1) is 0 Å². The lowest BCUT2D eigenvalue weighted by atomic mass is 10.1. The Morgan fingerprint density at radius 1 is 1.17 bits per heavy atom. The van der Waals surface area contributed by atoms with Crippen molar-refractivity contribution in [3.05, 3.63) is 64.2 Å². The van der Waals surface area contributed by atoms with Gasteiger partial charge in [-0.25, -0.2) is 0 Å². The molecule has 0 aliphatic carbocycles. The van der Waals surface area contributed by atoms with Gasteiger partial charge in [0.25, 0.3) is 5.91 Å². The molecule has 3 nitrogen and oxygen atoms in total. The molecule has 0 aliphatic rings. The molecule has 0 fully saturated rings. The van der Waals surface area contributed by atoms with Crippen LogP contribution in [0, 0.1) is 13.8 Å². The van der Waals surface area contributed by atoms with Crippen molar-refractivity contribution in [2.24, 2.45) is 0 Å². The molecule has 4 heteroatoms. The zero-order chi connectivity index (χ0) is 17.7. The Labute approximate surface area is 149 Å². The minimum Gasteiger partial charge on any atom is -0.481 e. The van der Waals surface area contributed by atoms with Crippen molar-refractivity contribution in [3.63, 3.8) is 0 Å². The Balaban J connectivity index is 2.02. The van der Waals surface area contributed by atoms with Gasteiger partial charge in [-0.3, -0.25) is 4.79 Å². The summed E-state index contributed by atoms with van der Waals surface area (Å²) < 4.78 is 5.85. The highest BCUT2D eigenvalue weighted by atomic mass is 35.5. The van der Waals surface area contributed by atoms with E-state index in [0.29, 0.717) is 17.2 Å². The van der Waals surface area contributed by atoms with Crippen molar-refractivity contribution in [2.75, 3.05) is 0 Å². The first kappa shape index (κ1) is 18.3. The fourth-order valence-corrected chi connectivity index (χ4v) is 2.54. The quantitative estimate of drug-likeness (QED) is 0.800. The molecule has 0 unspecified atom stereocenters. The maximum Gasteiger partial charge on any atom is 0.261 e. The predicted octanol–water partition coefficient (Wildman–Crippen LogP) is 4.99. The monoisotopic (exact) mass is 345 g/mol. The molecule has 0 aromatic heterocycles. The van der Waals surface area contributed by atoms with E-state index < -0.39 is 6.10 Å². The molecule has 0 heterocycles. The molecule has 1 N–H and O–H groups in total. The standard InChI is InChI=1S/C20H24ClNO2/c1-5-19(24-17-10-11-18(21)14(3)12-17)20(23)22-15(4)16-8-6-13(2)7-9-16/h6-12,15,19H,5H2,1-4H3,(H,22,23)/t15-,19-/m1/s1. The summed E-state index contributed by atoms with van der Waals surface area (Å²) in [5.74, 6) is 0.542. The largest absolute Gasteiger partial charge is 0.481 e. The van der Waals surface area contributed by atoms with Gasteiger partial charge in [-0.05, 0) is 56.5 Å². The van der Waals surface area contributed by atoms with Crippen molar-refractivity contribution >= 4 is 17.5 Å². The Morgan fingerprint density at radius 2 is 1.83 bits per heavy atom. The number of halogens is 1. The van der Waals surface area contributed by atoms with Gasteiger partial charge in [0.05, 0.1) is 6.04 Å². The third kappa shape index (κ3) is 4.75. The van der Waals surface area contributed by atoms with Crippen molar-refractivity contribution in [1.29, 1.82) is 0 Å². The number of carbonyl (C=O) groups is 1. The highest BCUT2D eigenvalue weighted by Crippen LogP contribution is 2.22. The molecule has 2 rings (SSSR count). The normalized spacial score (nSPS) is 13.2. The SMILES string of the molecule is CC[C@@H](Oc1ccc(Cl)c(C)c1)C(=O)N[C@H](C)c1ccc(C)cc1. The van der Waals surface area contributed by atoms with Gasteiger partial charge in [0.1, 0.15) is 5.75 Å². The van der Waals surface area contributed by atoms with E-state index in [1.54, 1.807) is 12.1 Å². The van der Waals surface area contributed by atoms with Crippen molar-refractivity contribution in [1.82, 2.24) is 5.32 Å². The van der Waals surface area contributed by atoms with E-state index in [-0.39, 0.29) is 11.9 Å². The van der Waals surface area contributed by atoms with Gasteiger partial charge < -0.3 is 10.1 Å². The van der Waals surface area contributed by atoms with Crippen LogP contribution < -0.4 is 10.1 Å². The van der Waals surface area contributed by atoms with E-state index in [1.807, 2.05) is 58.0 Å². The van der Waals surface area contributed by atoms with Crippen LogP contribution >= 0.6 is 11.6 Å². The Kier molecular flexibility index (Phi) is 6.27. The van der Waals surface area contributed by atoms with E-state index in [9.17, 15) is 4.79 Å². The second kappa shape index (κ2) is 8.20. The number of aryl methyl sites for hydroxylation is 2. The Bertz CT molecular complexity index is 697. The third-order valence-corrected chi connectivity index (χ3v) is 4.43. The number of nitrogens with one attached hydrogen (secondary N) is 1. The number of benzene rings is 2. The predicted molar refractivity (Wildman–Crippen MR) is 98.6 cm³/mol. The molecule has 2 atom stereocenters. The number of hydrogen-bond acceptors (Lipinski definition) is 2. The summed E-state index contributed by atoms with van der Waals surface area (Å²) in [4.78, 5) is 12.5. The van der Waals surface area contributed by atoms with Crippen LogP contribution in [0.25, 0.3) is 0 Å². The van der Waals surface area contributed by atoms with E-state index in [1.165, 1.54) is 5.56 Å². The average Bonchev–Trinajstić information content (AvgIpc) is 2.56. The fourth-order valence-electron chi connectivity index (χ4n) is 2.42. The molecular weight excluding hydrogens is 322 g/mol. The molecule has 0 bridgehead atoms. The lowest BCUT2D eigenvalue weighted by Gasteiger charge is -2.21. The minimum absolute atomic E-state index is 0.0669. The molecule has 0 spiro atoms. The van der Waals surface area contributed by atoms with Crippen LogP contribution in [0.5, 0.6) is 5.75 Å². The number of carbonyl (C=O) groups excluding carboxylic acids is 1. The van der Waals surface area contributed by atoms with Gasteiger partial charge in [0.15, 0.2) is 6.10 Å². The maximum atomic E-state index is 12.5. The third-order valence-electron chi connectivity index (χ3n) is 4.01. The molecule has 128 valence electrons. The second-order valence-electron chi connectivity index (χ2n) is 6.07. The van der Waals surface area contributed by atoms with Crippen LogP contribution in [0.2, 0.25) is 5.02 Å². The van der Waals surface area contributed by atoms with Gasteiger partial charge in [-0.2, -0.15) is 0 Å². The van der Waals surface area contributed by atoms with Gasteiger partial charge in [0.2, 0.25) is 0 Å². The van der Waals surface area contributed by atoms with E-state index in [4.69, 9.17) is 16.3 Å². The van der Waals surface area contributed by atoms with Crippen LogP contribution in [0.4, 0.5) is 0 Å². The number of amides is 1. The molecule has 24 heavy (non-hydrogen) atoms. The number of ether oxygens (including phenoxy) is 1. The first-order valence-electron chi connectivity index (χ1n) is 8.20. The molecule has 0 saturated heterocycles. The Morgan fingerprint density at radius 3 is 2.42 bits per heavy atom. The van der Waals surface area contributed by atoms with Crippen LogP contribution in [0.1, 0.15) is 43.0 Å². The summed E-state index contributed by atoms with van der Waals surface area (Å²) in [6, 6.07) is 13.5. The molecule has 0 saturated carbocycles. The summed E-state index contributed by atoms with van der Waals surface area (Å²) in [5.41, 5.74) is 3.20. The van der Waals surface area contributed by atoms with Gasteiger partial charge >= 0.3 is 0 Å². The summed E-state index contributed by atoms with van der Waals surface area (Å²) in [6.07, 6.45) is 0.0622. The molecule has 0 aliphatic heterocycles.